The zero-order chi connectivity index (χ0) is 7.90. The van der Waals surface area contributed by atoms with Crippen LogP contribution in [0.1, 0.15) is 45.4 Å². The summed E-state index contributed by atoms with van der Waals surface area (Å²) in [5.41, 5.74) is -0.263. The molecule has 0 radical (unpaired) electrons. The molecule has 0 heterocycles. The van der Waals surface area contributed by atoms with Crippen molar-refractivity contribution in [3.8, 4) is 0 Å². The van der Waals surface area contributed by atoms with Gasteiger partial charge in [-0.15, -0.1) is 0 Å². The molecule has 1 nitrogen and oxygen atoms in total. The van der Waals surface area contributed by atoms with E-state index < -0.39 is 0 Å². The molecule has 2 fully saturated rings. The van der Waals surface area contributed by atoms with Gasteiger partial charge in [0.15, 0.2) is 0 Å². The summed E-state index contributed by atoms with van der Waals surface area (Å²) in [6.45, 7) is 2.21. The maximum Gasteiger partial charge on any atom is 0.0675 e. The summed E-state index contributed by atoms with van der Waals surface area (Å²) in [5, 5.41) is 10.2. The highest BCUT2D eigenvalue weighted by Crippen LogP contribution is 2.45. The van der Waals surface area contributed by atoms with Crippen LogP contribution in [0.25, 0.3) is 0 Å². The molecule has 0 saturated heterocycles. The Morgan fingerprint density at radius 3 is 2.82 bits per heavy atom. The lowest BCUT2D eigenvalue weighted by atomic mass is 9.64. The van der Waals surface area contributed by atoms with E-state index in [0.717, 1.165) is 18.8 Å². The highest BCUT2D eigenvalue weighted by atomic mass is 16.3. The third-order valence-electron chi connectivity index (χ3n) is 3.79. The van der Waals surface area contributed by atoms with Crippen molar-refractivity contribution in [1.82, 2.24) is 0 Å². The fraction of sp³-hybridized carbons (Fsp3) is 1.00. The molecule has 0 aliphatic heterocycles. The summed E-state index contributed by atoms with van der Waals surface area (Å²) in [5.74, 6) is 1.41. The van der Waals surface area contributed by atoms with Gasteiger partial charge in [-0.1, -0.05) is 19.8 Å². The van der Waals surface area contributed by atoms with Crippen molar-refractivity contribution in [1.29, 1.82) is 0 Å². The van der Waals surface area contributed by atoms with Gasteiger partial charge >= 0.3 is 0 Å². The molecule has 0 aromatic heterocycles. The van der Waals surface area contributed by atoms with E-state index in [9.17, 15) is 5.11 Å². The summed E-state index contributed by atoms with van der Waals surface area (Å²) in [6.07, 6.45) is 7.39. The van der Waals surface area contributed by atoms with Crippen LogP contribution in [0.4, 0.5) is 0 Å². The van der Waals surface area contributed by atoms with Crippen LogP contribution in [0.2, 0.25) is 0 Å². The second kappa shape index (κ2) is 2.48. The minimum Gasteiger partial charge on any atom is -0.390 e. The van der Waals surface area contributed by atoms with E-state index in [1.807, 2.05) is 0 Å². The molecule has 0 spiro atoms. The molecule has 0 unspecified atom stereocenters. The van der Waals surface area contributed by atoms with Gasteiger partial charge in [0, 0.05) is 0 Å². The number of hydrogen-bond acceptors (Lipinski definition) is 1. The first-order valence-electron chi connectivity index (χ1n) is 4.93. The summed E-state index contributed by atoms with van der Waals surface area (Å²) >= 11 is 0. The summed E-state index contributed by atoms with van der Waals surface area (Å²) in [6, 6.07) is 0. The number of hydrogen-bond donors (Lipinski definition) is 1. The van der Waals surface area contributed by atoms with Gasteiger partial charge in [-0.05, 0) is 37.5 Å². The van der Waals surface area contributed by atoms with Crippen LogP contribution >= 0.6 is 0 Å². The molecule has 2 aliphatic carbocycles. The van der Waals surface area contributed by atoms with Crippen molar-refractivity contribution in [2.75, 3.05) is 0 Å². The molecule has 1 N–H and O–H groups in total. The lowest BCUT2D eigenvalue weighted by Gasteiger charge is -2.45. The lowest BCUT2D eigenvalue weighted by molar-refractivity contribution is -0.0866. The van der Waals surface area contributed by atoms with Crippen molar-refractivity contribution >= 4 is 0 Å². The Morgan fingerprint density at radius 1 is 1.27 bits per heavy atom. The van der Waals surface area contributed by atoms with Crippen LogP contribution in [0.3, 0.4) is 0 Å². The molecular formula is C10H18O. The van der Waals surface area contributed by atoms with Gasteiger partial charge in [-0.2, -0.15) is 0 Å². The quantitative estimate of drug-likeness (QED) is 0.568. The first-order valence-corrected chi connectivity index (χ1v) is 4.93. The second-order valence-electron chi connectivity index (χ2n) is 4.54. The van der Waals surface area contributed by atoms with Crippen molar-refractivity contribution in [2.45, 2.75) is 51.0 Å². The van der Waals surface area contributed by atoms with E-state index in [0.29, 0.717) is 5.92 Å². The van der Waals surface area contributed by atoms with E-state index in [1.165, 1.54) is 25.7 Å². The molecule has 3 atom stereocenters. The van der Waals surface area contributed by atoms with Crippen LogP contribution in [-0.4, -0.2) is 10.7 Å². The maximum atomic E-state index is 10.2. The first kappa shape index (κ1) is 7.60. The molecule has 64 valence electrons. The molecule has 11 heavy (non-hydrogen) atoms. The molecule has 0 amide bonds. The Hall–Kier alpha value is -0.0400. The van der Waals surface area contributed by atoms with Crippen LogP contribution in [-0.2, 0) is 0 Å². The van der Waals surface area contributed by atoms with Crippen molar-refractivity contribution in [3.05, 3.63) is 0 Å². The Balaban J connectivity index is 2.13. The Labute approximate surface area is 68.8 Å². The van der Waals surface area contributed by atoms with Gasteiger partial charge in [-0.3, -0.25) is 0 Å². The summed E-state index contributed by atoms with van der Waals surface area (Å²) in [4.78, 5) is 0. The zero-order valence-electron chi connectivity index (χ0n) is 7.34. The average Bonchev–Trinajstić information content (AvgIpc) is 1.98. The molecule has 2 bridgehead atoms. The third kappa shape index (κ3) is 1.20. The zero-order valence-corrected chi connectivity index (χ0v) is 7.34. The van der Waals surface area contributed by atoms with E-state index in [1.54, 1.807) is 0 Å². The largest absolute Gasteiger partial charge is 0.390 e. The van der Waals surface area contributed by atoms with E-state index in [4.69, 9.17) is 0 Å². The van der Waals surface area contributed by atoms with Gasteiger partial charge in [0.05, 0.1) is 5.60 Å². The van der Waals surface area contributed by atoms with E-state index >= 15 is 0 Å². The topological polar surface area (TPSA) is 20.2 Å². The molecule has 0 aromatic carbocycles. The van der Waals surface area contributed by atoms with Gasteiger partial charge in [0.2, 0.25) is 0 Å². The normalized spacial score (nSPS) is 50.7. The van der Waals surface area contributed by atoms with Crippen LogP contribution in [0, 0.1) is 11.8 Å². The summed E-state index contributed by atoms with van der Waals surface area (Å²) in [7, 11) is 0. The van der Waals surface area contributed by atoms with Gasteiger partial charge in [0.1, 0.15) is 0 Å². The molecule has 0 aromatic rings. The van der Waals surface area contributed by atoms with Crippen molar-refractivity contribution in [2.24, 2.45) is 11.8 Å². The van der Waals surface area contributed by atoms with Crippen LogP contribution in [0.5, 0.6) is 0 Å². The Kier molecular flexibility index (Phi) is 1.71. The number of aliphatic hydroxyl groups is 1. The number of fused-ring (bicyclic) bond motifs is 2. The van der Waals surface area contributed by atoms with Crippen LogP contribution in [0.15, 0.2) is 0 Å². The highest BCUT2D eigenvalue weighted by Gasteiger charge is 2.42. The van der Waals surface area contributed by atoms with Crippen LogP contribution < -0.4 is 0 Å². The smallest absolute Gasteiger partial charge is 0.0675 e. The van der Waals surface area contributed by atoms with Gasteiger partial charge in [-0.25, -0.2) is 0 Å². The summed E-state index contributed by atoms with van der Waals surface area (Å²) < 4.78 is 0. The average molecular weight is 154 g/mol. The maximum absolute atomic E-state index is 10.2. The lowest BCUT2D eigenvalue weighted by Crippen LogP contribution is -2.44. The van der Waals surface area contributed by atoms with Gasteiger partial charge in [0.25, 0.3) is 0 Å². The van der Waals surface area contributed by atoms with E-state index in [-0.39, 0.29) is 5.60 Å². The molecule has 1 heteroatoms. The van der Waals surface area contributed by atoms with Crippen molar-refractivity contribution < 1.29 is 5.11 Å². The fourth-order valence-corrected chi connectivity index (χ4v) is 2.85. The Morgan fingerprint density at radius 2 is 2.09 bits per heavy atom. The van der Waals surface area contributed by atoms with Gasteiger partial charge < -0.3 is 5.11 Å². The minimum atomic E-state index is -0.263. The standard InChI is InChI=1S/C10H18O/c1-8-4-5-9-3-2-6-10(8,11)7-9/h8-9,11H,2-7H2,1H3/t8-,9+,10-/m0/s1. The Bertz CT molecular complexity index is 155. The number of rotatable bonds is 0. The molecule has 2 rings (SSSR count). The predicted molar refractivity (Wildman–Crippen MR) is 45.3 cm³/mol. The second-order valence-corrected chi connectivity index (χ2v) is 4.54. The fourth-order valence-electron chi connectivity index (χ4n) is 2.85. The molecule has 2 saturated carbocycles. The highest BCUT2D eigenvalue weighted by molar-refractivity contribution is 4.94. The first-order chi connectivity index (χ1) is 5.21. The predicted octanol–water partition coefficient (Wildman–Crippen LogP) is 2.34. The molecular weight excluding hydrogens is 136 g/mol. The SMILES string of the molecule is C[C@H]1CC[C@H]2CCC[C@]1(O)C2. The molecule has 2 aliphatic rings. The minimum absolute atomic E-state index is 0.263. The third-order valence-corrected chi connectivity index (χ3v) is 3.79. The van der Waals surface area contributed by atoms with Crippen molar-refractivity contribution in [3.63, 3.8) is 0 Å². The van der Waals surface area contributed by atoms with E-state index in [2.05, 4.69) is 6.92 Å². The monoisotopic (exact) mass is 154 g/mol.